The average molecular weight is 503 g/mol. The third-order valence-electron chi connectivity index (χ3n) is 8.46. The summed E-state index contributed by atoms with van der Waals surface area (Å²) in [5.41, 5.74) is 7.21. The Morgan fingerprint density at radius 2 is 1.25 bits per heavy atom. The minimum atomic E-state index is 0.539. The van der Waals surface area contributed by atoms with E-state index in [1.807, 2.05) is 0 Å². The monoisotopic (exact) mass is 502 g/mol. The van der Waals surface area contributed by atoms with Gasteiger partial charge in [0.1, 0.15) is 17.4 Å². The van der Waals surface area contributed by atoms with Crippen molar-refractivity contribution < 1.29 is 18.4 Å². The van der Waals surface area contributed by atoms with Gasteiger partial charge in [0.2, 0.25) is 0 Å². The van der Waals surface area contributed by atoms with E-state index in [0.717, 1.165) is 0 Å². The molecule has 0 fully saturated rings. The molecule has 2 aromatic rings. The van der Waals surface area contributed by atoms with E-state index >= 15 is 0 Å². The number of nitrogens with zero attached hydrogens (tertiary/aromatic N) is 6. The van der Waals surface area contributed by atoms with Gasteiger partial charge in [0, 0.05) is 52.7 Å². The Hall–Kier alpha value is -2.24. The Balaban J connectivity index is 0.000000270. The van der Waals surface area contributed by atoms with Crippen molar-refractivity contribution in [3.8, 4) is 0 Å². The zero-order chi connectivity index (χ0) is 28.4. The molecule has 0 aromatic carbocycles. The zero-order valence-electron chi connectivity index (χ0n) is 27.0. The molecule has 2 aromatic heterocycles. The summed E-state index contributed by atoms with van der Waals surface area (Å²) in [6.07, 6.45) is 0. The molecular formula is C30H58N6+4. The first-order chi connectivity index (χ1) is 16.4. The molecule has 204 valence electrons. The first-order valence-electron chi connectivity index (χ1n) is 13.7. The van der Waals surface area contributed by atoms with Gasteiger partial charge in [-0.05, 0) is 55.4 Å². The highest BCUT2D eigenvalue weighted by Crippen LogP contribution is 2.22. The van der Waals surface area contributed by atoms with E-state index in [1.165, 1.54) is 45.7 Å². The first kappa shape index (κ1) is 31.8. The minimum Gasteiger partial charge on any atom is -0.234 e. The lowest BCUT2D eigenvalue weighted by Crippen LogP contribution is -2.46. The van der Waals surface area contributed by atoms with Gasteiger partial charge in [-0.15, -0.1) is 4.57 Å². The third kappa shape index (κ3) is 6.18. The number of rotatable bonds is 3. The molecule has 36 heavy (non-hydrogen) atoms. The average Bonchev–Trinajstić information content (AvgIpc) is 3.20. The molecule has 0 amide bonds. The van der Waals surface area contributed by atoms with Crippen LogP contribution in [0.2, 0.25) is 0 Å². The Morgan fingerprint density at radius 1 is 0.750 bits per heavy atom. The van der Waals surface area contributed by atoms with E-state index in [1.54, 1.807) is 0 Å². The van der Waals surface area contributed by atoms with Crippen LogP contribution in [0.15, 0.2) is 11.1 Å². The van der Waals surface area contributed by atoms with Gasteiger partial charge in [-0.2, -0.15) is 0 Å². The summed E-state index contributed by atoms with van der Waals surface area (Å²) in [5.74, 6) is 3.93. The maximum absolute atomic E-state index is 2.49. The van der Waals surface area contributed by atoms with Gasteiger partial charge in [-0.25, -0.2) is 13.7 Å². The molecule has 1 aliphatic heterocycles. The maximum atomic E-state index is 2.49. The van der Waals surface area contributed by atoms with Crippen LogP contribution in [0, 0.1) is 34.6 Å². The Bertz CT molecular complexity index is 1020. The molecule has 0 N–H and O–H groups in total. The standard InChI is InChI=1S/C11H20N.C10H19N2.C9H19N3/c1-7(2)12-10(5)8(3)9(4)11(12)6;1-7(2)12-9(4)8(3)11(6)10(12)5;1-7(2)12-8(3)10(5)11(6)9(12)4/h7,10H,1-6H3;2*7H,1-6H3/q2*+1;+2. The SMILES string of the molecule is CC1=C(C)C(C)[N+](C(C)C)=C1C.Cc1c(C)[n+](C)c(C)n1C(C)C.Cc1n(C)[n+](C)c(C)[n+]1C(C)C. The van der Waals surface area contributed by atoms with E-state index < -0.39 is 0 Å². The highest BCUT2D eigenvalue weighted by atomic mass is 15.5. The number of aromatic nitrogens is 5. The lowest BCUT2D eigenvalue weighted by atomic mass is 10.1. The molecule has 3 heterocycles. The summed E-state index contributed by atoms with van der Waals surface area (Å²) in [6, 6.07) is 2.32. The van der Waals surface area contributed by atoms with Crippen molar-refractivity contribution in [3.63, 3.8) is 0 Å². The predicted molar refractivity (Wildman–Crippen MR) is 151 cm³/mol. The van der Waals surface area contributed by atoms with Crippen molar-refractivity contribution in [2.45, 2.75) is 128 Å². The van der Waals surface area contributed by atoms with E-state index in [-0.39, 0.29) is 0 Å². The molecule has 6 nitrogen and oxygen atoms in total. The fourth-order valence-corrected chi connectivity index (χ4v) is 5.68. The van der Waals surface area contributed by atoms with E-state index in [4.69, 9.17) is 0 Å². The molecule has 3 rings (SSSR count). The second kappa shape index (κ2) is 12.3. The molecule has 0 saturated heterocycles. The second-order valence-electron chi connectivity index (χ2n) is 11.4. The zero-order valence-corrected chi connectivity index (χ0v) is 27.0. The minimum absolute atomic E-state index is 0.539. The van der Waals surface area contributed by atoms with Gasteiger partial charge >= 0.3 is 11.6 Å². The van der Waals surface area contributed by atoms with Gasteiger partial charge in [-0.3, -0.25) is 0 Å². The van der Waals surface area contributed by atoms with Gasteiger partial charge in [0.05, 0.1) is 27.1 Å². The van der Waals surface area contributed by atoms with Gasteiger partial charge < -0.3 is 0 Å². The van der Waals surface area contributed by atoms with Gasteiger partial charge in [0.25, 0.3) is 5.82 Å². The topological polar surface area (TPSA) is 24.5 Å². The van der Waals surface area contributed by atoms with Crippen molar-refractivity contribution >= 4 is 5.71 Å². The fourth-order valence-electron chi connectivity index (χ4n) is 5.68. The predicted octanol–water partition coefficient (Wildman–Crippen LogP) is 4.76. The fraction of sp³-hybridized carbons (Fsp3) is 0.733. The second-order valence-corrected chi connectivity index (χ2v) is 11.4. The molecule has 6 heteroatoms. The highest BCUT2D eigenvalue weighted by molar-refractivity contribution is 5.96. The summed E-state index contributed by atoms with van der Waals surface area (Å²) < 4.78 is 13.8. The quantitative estimate of drug-likeness (QED) is 0.541. The lowest BCUT2D eigenvalue weighted by molar-refractivity contribution is -0.829. The molecule has 1 atom stereocenters. The summed E-state index contributed by atoms with van der Waals surface area (Å²) in [6.45, 7) is 33.2. The van der Waals surface area contributed by atoms with E-state index in [2.05, 4.69) is 153 Å². The molecule has 1 unspecified atom stereocenters. The van der Waals surface area contributed by atoms with Crippen LogP contribution in [0.1, 0.15) is 110 Å². The smallest absolute Gasteiger partial charge is 0.234 e. The first-order valence-corrected chi connectivity index (χ1v) is 13.7. The van der Waals surface area contributed by atoms with Crippen molar-refractivity contribution in [1.29, 1.82) is 0 Å². The van der Waals surface area contributed by atoms with Crippen LogP contribution in [0.5, 0.6) is 0 Å². The Morgan fingerprint density at radius 3 is 1.42 bits per heavy atom. The number of imidazole rings is 1. The largest absolute Gasteiger partial charge is 0.439 e. The van der Waals surface area contributed by atoms with Crippen molar-refractivity contribution in [3.05, 3.63) is 40.0 Å². The van der Waals surface area contributed by atoms with Crippen molar-refractivity contribution in [2.24, 2.45) is 21.1 Å². The van der Waals surface area contributed by atoms with Crippen molar-refractivity contribution in [2.75, 3.05) is 0 Å². The van der Waals surface area contributed by atoms with Gasteiger partial charge in [0.15, 0.2) is 24.8 Å². The van der Waals surface area contributed by atoms with Crippen LogP contribution in [-0.4, -0.2) is 31.6 Å². The summed E-state index contributed by atoms with van der Waals surface area (Å²) in [5, 5.41) is 0. The maximum Gasteiger partial charge on any atom is 0.439 e. The molecule has 0 aliphatic carbocycles. The van der Waals surface area contributed by atoms with Crippen LogP contribution in [0.4, 0.5) is 0 Å². The molecule has 0 bridgehead atoms. The normalized spacial score (nSPS) is 15.8. The Kier molecular flexibility index (Phi) is 10.9. The number of allylic oxidation sites excluding steroid dienone is 1. The number of hydrogen-bond acceptors (Lipinski definition) is 0. The molecular weight excluding hydrogens is 444 g/mol. The summed E-state index contributed by atoms with van der Waals surface area (Å²) in [4.78, 5) is 0. The van der Waals surface area contributed by atoms with Crippen LogP contribution in [0.3, 0.4) is 0 Å². The third-order valence-corrected chi connectivity index (χ3v) is 8.46. The molecule has 0 saturated carbocycles. The van der Waals surface area contributed by atoms with E-state index in [9.17, 15) is 0 Å². The summed E-state index contributed by atoms with van der Waals surface area (Å²) >= 11 is 0. The van der Waals surface area contributed by atoms with Crippen molar-refractivity contribution in [1.82, 2.24) is 9.25 Å². The lowest BCUT2D eigenvalue weighted by Gasteiger charge is -2.11. The molecule has 0 spiro atoms. The summed E-state index contributed by atoms with van der Waals surface area (Å²) in [7, 11) is 6.29. The Labute approximate surface area is 222 Å². The molecule has 0 radical (unpaired) electrons. The number of hydrogen-bond donors (Lipinski definition) is 0. The molecule has 1 aliphatic rings. The van der Waals surface area contributed by atoms with E-state index in [0.29, 0.717) is 24.2 Å². The van der Waals surface area contributed by atoms with Crippen LogP contribution in [0.25, 0.3) is 0 Å². The van der Waals surface area contributed by atoms with Gasteiger partial charge in [-0.1, -0.05) is 9.36 Å². The van der Waals surface area contributed by atoms with Crippen LogP contribution in [-0.2, 0) is 21.1 Å². The van der Waals surface area contributed by atoms with Crippen LogP contribution >= 0.6 is 0 Å². The van der Waals surface area contributed by atoms with Crippen LogP contribution < -0.4 is 13.8 Å². The highest BCUT2D eigenvalue weighted by Gasteiger charge is 2.32.